The molecule has 2 rings (SSSR count). The Morgan fingerprint density at radius 1 is 1.35 bits per heavy atom. The van der Waals surface area contributed by atoms with Gasteiger partial charge in [0.2, 0.25) is 0 Å². The summed E-state index contributed by atoms with van der Waals surface area (Å²) in [5.74, 6) is 0.713. The van der Waals surface area contributed by atoms with Gasteiger partial charge < -0.3 is 15.2 Å². The molecule has 1 aromatic heterocycles. The Balaban J connectivity index is 1.57. The van der Waals surface area contributed by atoms with Crippen molar-refractivity contribution in [2.24, 2.45) is 7.05 Å². The Labute approximate surface area is 118 Å². The second-order valence-electron chi connectivity index (χ2n) is 4.62. The number of aromatic nitrogens is 3. The summed E-state index contributed by atoms with van der Waals surface area (Å²) < 4.78 is 7.11. The summed E-state index contributed by atoms with van der Waals surface area (Å²) >= 11 is 0. The van der Waals surface area contributed by atoms with Crippen molar-refractivity contribution in [1.29, 1.82) is 0 Å². The third kappa shape index (κ3) is 5.08. The van der Waals surface area contributed by atoms with Gasteiger partial charge in [-0.05, 0) is 5.56 Å². The summed E-state index contributed by atoms with van der Waals surface area (Å²) in [5, 5.41) is 17.0. The van der Waals surface area contributed by atoms with Gasteiger partial charge in [0.25, 0.3) is 0 Å². The summed E-state index contributed by atoms with van der Waals surface area (Å²) in [7, 11) is 1.82. The summed E-state index contributed by atoms with van der Waals surface area (Å²) in [6, 6.07) is 9.90. The highest BCUT2D eigenvalue weighted by atomic mass is 16.5. The van der Waals surface area contributed by atoms with Gasteiger partial charge >= 0.3 is 0 Å². The number of nitrogens with one attached hydrogen (secondary N) is 1. The lowest BCUT2D eigenvalue weighted by Gasteiger charge is -2.11. The lowest BCUT2D eigenvalue weighted by atomic mass is 10.2. The number of nitrogens with zero attached hydrogens (tertiary/aromatic N) is 3. The van der Waals surface area contributed by atoms with Gasteiger partial charge in [-0.2, -0.15) is 5.10 Å². The molecule has 6 nitrogen and oxygen atoms in total. The predicted molar refractivity (Wildman–Crippen MR) is 74.8 cm³/mol. The average Bonchev–Trinajstić information content (AvgIpc) is 2.86. The average molecular weight is 276 g/mol. The summed E-state index contributed by atoms with van der Waals surface area (Å²) in [5.41, 5.74) is 1.10. The van der Waals surface area contributed by atoms with Crippen LogP contribution in [0.4, 0.5) is 0 Å². The molecule has 1 aromatic carbocycles. The molecule has 6 heteroatoms. The molecule has 2 aromatic rings. The first-order chi connectivity index (χ1) is 9.74. The molecule has 0 saturated carbocycles. The fraction of sp³-hybridized carbons (Fsp3) is 0.429. The fourth-order valence-electron chi connectivity index (χ4n) is 1.76. The molecule has 0 amide bonds. The molecule has 0 aliphatic rings. The Hall–Kier alpha value is -1.76. The molecule has 0 spiro atoms. The van der Waals surface area contributed by atoms with Crippen LogP contribution in [0.15, 0.2) is 36.7 Å². The molecule has 1 atom stereocenters. The van der Waals surface area contributed by atoms with E-state index in [4.69, 9.17) is 4.74 Å². The minimum atomic E-state index is -0.539. The molecule has 0 saturated heterocycles. The predicted octanol–water partition coefficient (Wildman–Crippen LogP) is 0.482. The Kier molecular flexibility index (Phi) is 5.67. The fourth-order valence-corrected chi connectivity index (χ4v) is 1.76. The molecule has 108 valence electrons. The largest absolute Gasteiger partial charge is 0.389 e. The zero-order valence-electron chi connectivity index (χ0n) is 11.6. The van der Waals surface area contributed by atoms with Gasteiger partial charge in [-0.15, -0.1) is 0 Å². The SMILES string of the molecule is Cn1cnc(CNCC(O)COCc2ccccc2)n1. The number of benzene rings is 1. The van der Waals surface area contributed by atoms with E-state index in [0.29, 0.717) is 32.1 Å². The van der Waals surface area contributed by atoms with Crippen LogP contribution in [0.25, 0.3) is 0 Å². The van der Waals surface area contributed by atoms with E-state index in [1.54, 1.807) is 11.0 Å². The van der Waals surface area contributed by atoms with Crippen molar-refractivity contribution < 1.29 is 9.84 Å². The van der Waals surface area contributed by atoms with Crippen LogP contribution >= 0.6 is 0 Å². The minimum Gasteiger partial charge on any atom is -0.389 e. The van der Waals surface area contributed by atoms with Crippen molar-refractivity contribution in [2.45, 2.75) is 19.3 Å². The van der Waals surface area contributed by atoms with E-state index in [-0.39, 0.29) is 0 Å². The van der Waals surface area contributed by atoms with Crippen molar-refractivity contribution in [2.75, 3.05) is 13.2 Å². The van der Waals surface area contributed by atoms with Crippen LogP contribution < -0.4 is 5.32 Å². The van der Waals surface area contributed by atoms with Crippen molar-refractivity contribution in [3.8, 4) is 0 Å². The van der Waals surface area contributed by atoms with E-state index in [0.717, 1.165) is 5.56 Å². The van der Waals surface area contributed by atoms with Gasteiger partial charge in [0, 0.05) is 13.6 Å². The molecule has 0 aliphatic heterocycles. The maximum Gasteiger partial charge on any atom is 0.164 e. The number of rotatable bonds is 8. The second-order valence-corrected chi connectivity index (χ2v) is 4.62. The number of hydrogen-bond donors (Lipinski definition) is 2. The van der Waals surface area contributed by atoms with Crippen molar-refractivity contribution in [3.63, 3.8) is 0 Å². The van der Waals surface area contributed by atoms with Gasteiger partial charge in [0.1, 0.15) is 6.33 Å². The Morgan fingerprint density at radius 3 is 2.85 bits per heavy atom. The maximum absolute atomic E-state index is 9.78. The Bertz CT molecular complexity index is 501. The molecule has 0 aliphatic carbocycles. The molecular weight excluding hydrogens is 256 g/mol. The third-order valence-corrected chi connectivity index (χ3v) is 2.73. The van der Waals surface area contributed by atoms with Crippen LogP contribution in [-0.2, 0) is 24.9 Å². The number of aryl methyl sites for hydroxylation is 1. The van der Waals surface area contributed by atoms with Crippen LogP contribution in [0, 0.1) is 0 Å². The van der Waals surface area contributed by atoms with E-state index in [2.05, 4.69) is 15.4 Å². The van der Waals surface area contributed by atoms with E-state index < -0.39 is 6.10 Å². The molecule has 20 heavy (non-hydrogen) atoms. The van der Waals surface area contributed by atoms with Crippen LogP contribution in [0.2, 0.25) is 0 Å². The van der Waals surface area contributed by atoms with Crippen molar-refractivity contribution in [1.82, 2.24) is 20.1 Å². The highest BCUT2D eigenvalue weighted by Gasteiger charge is 2.05. The van der Waals surface area contributed by atoms with Gasteiger partial charge in [-0.25, -0.2) is 4.98 Å². The van der Waals surface area contributed by atoms with E-state index in [1.165, 1.54) is 0 Å². The number of ether oxygens (including phenoxy) is 1. The number of aliphatic hydroxyl groups excluding tert-OH is 1. The summed E-state index contributed by atoms with van der Waals surface area (Å²) in [6.45, 7) is 1.81. The first-order valence-corrected chi connectivity index (χ1v) is 6.59. The van der Waals surface area contributed by atoms with Gasteiger partial charge in [-0.1, -0.05) is 30.3 Å². The second kappa shape index (κ2) is 7.74. The normalized spacial score (nSPS) is 12.5. The van der Waals surface area contributed by atoms with Crippen LogP contribution in [0.1, 0.15) is 11.4 Å². The molecule has 0 fully saturated rings. The zero-order valence-corrected chi connectivity index (χ0v) is 11.6. The molecule has 1 heterocycles. The van der Waals surface area contributed by atoms with Crippen LogP contribution in [0.3, 0.4) is 0 Å². The molecule has 2 N–H and O–H groups in total. The Morgan fingerprint density at radius 2 is 2.15 bits per heavy atom. The van der Waals surface area contributed by atoms with Crippen LogP contribution in [-0.4, -0.2) is 39.1 Å². The monoisotopic (exact) mass is 276 g/mol. The highest BCUT2D eigenvalue weighted by Crippen LogP contribution is 2.00. The maximum atomic E-state index is 9.78. The quantitative estimate of drug-likeness (QED) is 0.734. The first-order valence-electron chi connectivity index (χ1n) is 6.59. The summed E-state index contributed by atoms with van der Waals surface area (Å²) in [6.07, 6.45) is 1.11. The first kappa shape index (κ1) is 14.6. The number of hydrogen-bond acceptors (Lipinski definition) is 5. The van der Waals surface area contributed by atoms with E-state index >= 15 is 0 Å². The highest BCUT2D eigenvalue weighted by molar-refractivity contribution is 5.13. The third-order valence-electron chi connectivity index (χ3n) is 2.73. The molecular formula is C14H20N4O2. The van der Waals surface area contributed by atoms with Gasteiger partial charge in [0.15, 0.2) is 5.82 Å². The van der Waals surface area contributed by atoms with Crippen molar-refractivity contribution >= 4 is 0 Å². The molecule has 0 radical (unpaired) electrons. The standard InChI is InChI=1S/C14H20N4O2/c1-18-11-16-14(17-18)8-15-7-13(19)10-20-9-12-5-3-2-4-6-12/h2-6,11,13,15,19H,7-10H2,1H3. The smallest absolute Gasteiger partial charge is 0.164 e. The zero-order chi connectivity index (χ0) is 14.2. The minimum absolute atomic E-state index is 0.303. The molecule has 1 unspecified atom stereocenters. The molecule has 0 bridgehead atoms. The van der Waals surface area contributed by atoms with E-state index in [1.807, 2.05) is 37.4 Å². The van der Waals surface area contributed by atoms with E-state index in [9.17, 15) is 5.11 Å². The van der Waals surface area contributed by atoms with Crippen molar-refractivity contribution in [3.05, 3.63) is 48.0 Å². The topological polar surface area (TPSA) is 72.2 Å². The van der Waals surface area contributed by atoms with Gasteiger partial charge in [0.05, 0.1) is 25.9 Å². The lowest BCUT2D eigenvalue weighted by Crippen LogP contribution is -2.30. The van der Waals surface area contributed by atoms with Crippen LogP contribution in [0.5, 0.6) is 0 Å². The lowest BCUT2D eigenvalue weighted by molar-refractivity contribution is 0.0287. The van der Waals surface area contributed by atoms with Gasteiger partial charge in [-0.3, -0.25) is 4.68 Å². The number of aliphatic hydroxyl groups is 1. The summed E-state index contributed by atoms with van der Waals surface area (Å²) in [4.78, 5) is 4.09.